The molecule has 36 heavy (non-hydrogen) atoms. The van der Waals surface area contributed by atoms with Gasteiger partial charge in [-0.2, -0.15) is 5.10 Å². The van der Waals surface area contributed by atoms with Gasteiger partial charge >= 0.3 is 5.97 Å². The van der Waals surface area contributed by atoms with Gasteiger partial charge in [0.15, 0.2) is 18.1 Å². The first-order valence-electron chi connectivity index (χ1n) is 10.8. The molecule has 0 aliphatic rings. The van der Waals surface area contributed by atoms with Crippen LogP contribution in [0.5, 0.6) is 11.5 Å². The molecule has 0 radical (unpaired) electrons. The van der Waals surface area contributed by atoms with E-state index in [2.05, 4.69) is 36.5 Å². The van der Waals surface area contributed by atoms with Crippen LogP contribution in [0.15, 0.2) is 39.9 Å². The molecule has 0 aliphatic heterocycles. The largest absolute Gasteiger partial charge is 0.490 e. The van der Waals surface area contributed by atoms with Crippen molar-refractivity contribution >= 4 is 63.1 Å². The quantitative estimate of drug-likeness (QED) is 0.220. The van der Waals surface area contributed by atoms with Gasteiger partial charge in [-0.25, -0.2) is 10.2 Å². The summed E-state index contributed by atoms with van der Waals surface area (Å²) in [6.07, 6.45) is 1.41. The highest BCUT2D eigenvalue weighted by molar-refractivity contribution is 9.10. The molecule has 2 amide bonds. The topological polar surface area (TPSA) is 115 Å². The fourth-order valence-corrected chi connectivity index (χ4v) is 3.76. The molecule has 0 aliphatic carbocycles. The smallest absolute Gasteiger partial charge is 0.343 e. The molecule has 2 aromatic rings. The molecule has 1 atom stereocenters. The number of nitrogens with one attached hydrogen (secondary N) is 2. The van der Waals surface area contributed by atoms with Gasteiger partial charge in [-0.3, -0.25) is 9.59 Å². The Morgan fingerprint density at radius 3 is 2.44 bits per heavy atom. The molecule has 0 heterocycles. The maximum Gasteiger partial charge on any atom is 0.343 e. The molecule has 2 aromatic carbocycles. The molecular formula is C24H26BrCl2N3O6. The SMILES string of the molecule is CCOc1cc(/C=N/NC(=O)C(NC(=O)c2ccc(Cl)c(Cl)c2)C(C)C)cc(Br)c1OCC(=O)OC. The third-order valence-corrected chi connectivity index (χ3v) is 6.03. The van der Waals surface area contributed by atoms with Crippen LogP contribution in [0.4, 0.5) is 0 Å². The summed E-state index contributed by atoms with van der Waals surface area (Å²) in [4.78, 5) is 36.8. The summed E-state index contributed by atoms with van der Waals surface area (Å²) >= 11 is 15.3. The van der Waals surface area contributed by atoms with Crippen molar-refractivity contribution in [2.24, 2.45) is 11.0 Å². The summed E-state index contributed by atoms with van der Waals surface area (Å²) in [5.74, 6) is -1.04. The predicted molar refractivity (Wildman–Crippen MR) is 141 cm³/mol. The number of rotatable bonds is 11. The third-order valence-electron chi connectivity index (χ3n) is 4.70. The van der Waals surface area contributed by atoms with E-state index in [1.54, 1.807) is 32.9 Å². The number of ether oxygens (including phenoxy) is 3. The zero-order valence-electron chi connectivity index (χ0n) is 20.1. The van der Waals surface area contributed by atoms with Gasteiger partial charge < -0.3 is 19.5 Å². The molecule has 12 heteroatoms. The van der Waals surface area contributed by atoms with E-state index in [4.69, 9.17) is 32.7 Å². The molecule has 2 N–H and O–H groups in total. The predicted octanol–water partition coefficient (Wildman–Crippen LogP) is 4.61. The lowest BCUT2D eigenvalue weighted by atomic mass is 10.0. The minimum Gasteiger partial charge on any atom is -0.490 e. The zero-order chi connectivity index (χ0) is 26.8. The minimum absolute atomic E-state index is 0.225. The Labute approximate surface area is 227 Å². The fraction of sp³-hybridized carbons (Fsp3) is 0.333. The molecule has 2 rings (SSSR count). The monoisotopic (exact) mass is 601 g/mol. The number of hydrazone groups is 1. The Bertz CT molecular complexity index is 1140. The van der Waals surface area contributed by atoms with Crippen molar-refractivity contribution < 1.29 is 28.6 Å². The van der Waals surface area contributed by atoms with Crippen LogP contribution in [0.1, 0.15) is 36.7 Å². The first-order chi connectivity index (χ1) is 17.1. The Hall–Kier alpha value is -2.82. The molecule has 0 bridgehead atoms. The zero-order valence-corrected chi connectivity index (χ0v) is 23.2. The van der Waals surface area contributed by atoms with Gasteiger partial charge in [0, 0.05) is 5.56 Å². The molecule has 194 valence electrons. The maximum absolute atomic E-state index is 12.7. The van der Waals surface area contributed by atoms with Gasteiger partial charge in [0.2, 0.25) is 0 Å². The van der Waals surface area contributed by atoms with Crippen molar-refractivity contribution in [1.82, 2.24) is 10.7 Å². The van der Waals surface area contributed by atoms with Gasteiger partial charge in [0.05, 0.1) is 34.4 Å². The van der Waals surface area contributed by atoms with Crippen molar-refractivity contribution in [2.75, 3.05) is 20.3 Å². The highest BCUT2D eigenvalue weighted by atomic mass is 79.9. The number of carbonyl (C=O) groups excluding carboxylic acids is 3. The molecular weight excluding hydrogens is 577 g/mol. The standard InChI is InChI=1S/C24H26BrCl2N3O6/c1-5-35-19-9-14(8-16(25)22(19)36-12-20(31)34-4)11-28-30-24(33)21(13(2)3)29-23(32)15-6-7-17(26)18(27)10-15/h6-11,13,21H,5,12H2,1-4H3,(H,29,32)(H,30,33)/b28-11+. The second kappa shape index (κ2) is 14.1. The average molecular weight is 603 g/mol. The molecule has 9 nitrogen and oxygen atoms in total. The van der Waals surface area contributed by atoms with Gasteiger partial charge in [-0.1, -0.05) is 37.0 Å². The summed E-state index contributed by atoms with van der Waals surface area (Å²) in [6.45, 7) is 5.46. The lowest BCUT2D eigenvalue weighted by molar-refractivity contribution is -0.143. The van der Waals surface area contributed by atoms with E-state index >= 15 is 0 Å². The van der Waals surface area contributed by atoms with Crippen molar-refractivity contribution in [3.8, 4) is 11.5 Å². The number of hydrogen-bond donors (Lipinski definition) is 2. The van der Waals surface area contributed by atoms with Crippen LogP contribution in [-0.2, 0) is 14.3 Å². The van der Waals surface area contributed by atoms with Crippen LogP contribution in [0.2, 0.25) is 10.0 Å². The first kappa shape index (κ1) is 29.4. The lowest BCUT2D eigenvalue weighted by Gasteiger charge is -2.20. The second-order valence-corrected chi connectivity index (χ2v) is 9.35. The minimum atomic E-state index is -0.857. The van der Waals surface area contributed by atoms with Crippen molar-refractivity contribution in [2.45, 2.75) is 26.8 Å². The van der Waals surface area contributed by atoms with Crippen LogP contribution < -0.4 is 20.2 Å². The summed E-state index contributed by atoms with van der Waals surface area (Å²) in [6, 6.07) is 6.92. The van der Waals surface area contributed by atoms with Gasteiger partial charge in [-0.05, 0) is 64.7 Å². The van der Waals surface area contributed by atoms with Crippen molar-refractivity contribution in [1.29, 1.82) is 0 Å². The fourth-order valence-electron chi connectivity index (χ4n) is 2.89. The molecule has 0 fully saturated rings. The highest BCUT2D eigenvalue weighted by Crippen LogP contribution is 2.36. The second-order valence-electron chi connectivity index (χ2n) is 7.69. The number of nitrogens with zero attached hydrogens (tertiary/aromatic N) is 1. The van der Waals surface area contributed by atoms with Gasteiger partial charge in [-0.15, -0.1) is 0 Å². The Morgan fingerprint density at radius 2 is 1.83 bits per heavy atom. The number of halogens is 3. The van der Waals surface area contributed by atoms with E-state index in [0.717, 1.165) is 0 Å². The highest BCUT2D eigenvalue weighted by Gasteiger charge is 2.25. The van der Waals surface area contributed by atoms with Crippen LogP contribution in [0.25, 0.3) is 0 Å². The number of carbonyl (C=O) groups is 3. The lowest BCUT2D eigenvalue weighted by Crippen LogP contribution is -2.48. The van der Waals surface area contributed by atoms with Crippen LogP contribution in [-0.4, -0.2) is 50.4 Å². The van der Waals surface area contributed by atoms with E-state index in [1.807, 2.05) is 0 Å². The number of hydrogen-bond acceptors (Lipinski definition) is 7. The normalized spacial score (nSPS) is 11.8. The van der Waals surface area contributed by atoms with E-state index in [0.29, 0.717) is 33.2 Å². The van der Waals surface area contributed by atoms with E-state index < -0.39 is 23.8 Å². The number of benzene rings is 2. The number of methoxy groups -OCH3 is 1. The molecule has 0 saturated carbocycles. The summed E-state index contributed by atoms with van der Waals surface area (Å²) < 4.78 is 16.2. The van der Waals surface area contributed by atoms with Gasteiger partial charge in [0.25, 0.3) is 11.8 Å². The summed E-state index contributed by atoms with van der Waals surface area (Å²) in [7, 11) is 1.26. The molecule has 0 aromatic heterocycles. The van der Waals surface area contributed by atoms with Crippen molar-refractivity contribution in [3.05, 3.63) is 56.0 Å². The third kappa shape index (κ3) is 8.39. The Morgan fingerprint density at radius 1 is 1.11 bits per heavy atom. The Balaban J connectivity index is 2.12. The molecule has 1 unspecified atom stereocenters. The Kier molecular flexibility index (Phi) is 11.5. The first-order valence-corrected chi connectivity index (χ1v) is 12.4. The van der Waals surface area contributed by atoms with Gasteiger partial charge in [0.1, 0.15) is 6.04 Å². The van der Waals surface area contributed by atoms with E-state index in [1.165, 1.54) is 31.5 Å². The molecule has 0 spiro atoms. The van der Waals surface area contributed by atoms with Crippen LogP contribution in [0.3, 0.4) is 0 Å². The van der Waals surface area contributed by atoms with Crippen LogP contribution in [0, 0.1) is 5.92 Å². The number of esters is 1. The molecule has 0 saturated heterocycles. The summed E-state index contributed by atoms with van der Waals surface area (Å²) in [5.41, 5.74) is 3.30. The maximum atomic E-state index is 12.7. The van der Waals surface area contributed by atoms with Crippen molar-refractivity contribution in [3.63, 3.8) is 0 Å². The van der Waals surface area contributed by atoms with E-state index in [9.17, 15) is 14.4 Å². The number of amides is 2. The average Bonchev–Trinajstić information content (AvgIpc) is 2.83. The van der Waals surface area contributed by atoms with Crippen LogP contribution >= 0.6 is 39.1 Å². The summed E-state index contributed by atoms with van der Waals surface area (Å²) in [5, 5.41) is 7.25. The van der Waals surface area contributed by atoms with E-state index in [-0.39, 0.29) is 23.1 Å².